The minimum absolute atomic E-state index is 0.0231. The molecule has 2 aromatic carbocycles. The largest absolute Gasteiger partial charge is 0.494 e. The van der Waals surface area contributed by atoms with E-state index >= 15 is 4.39 Å². The van der Waals surface area contributed by atoms with E-state index in [4.69, 9.17) is 9.47 Å². The summed E-state index contributed by atoms with van der Waals surface area (Å²) in [5.74, 6) is -1.51. The van der Waals surface area contributed by atoms with Crippen molar-refractivity contribution in [3.63, 3.8) is 0 Å². The van der Waals surface area contributed by atoms with Crippen LogP contribution in [0.25, 0.3) is 5.69 Å². The number of benzene rings is 2. The van der Waals surface area contributed by atoms with Crippen LogP contribution in [0.2, 0.25) is 0 Å². The Kier molecular flexibility index (Phi) is 8.32. The first kappa shape index (κ1) is 29.3. The third-order valence-corrected chi connectivity index (χ3v) is 7.14. The molecule has 42 heavy (non-hydrogen) atoms. The van der Waals surface area contributed by atoms with E-state index in [1.807, 2.05) is 6.07 Å². The monoisotopic (exact) mass is 586 g/mol. The molecule has 0 fully saturated rings. The number of rotatable bonds is 9. The summed E-state index contributed by atoms with van der Waals surface area (Å²) in [6.07, 6.45) is -0.996. The molecule has 4 aromatic rings. The van der Waals surface area contributed by atoms with Crippen molar-refractivity contribution >= 4 is 5.91 Å². The molecule has 0 radical (unpaired) electrons. The SMILES string of the molecule is COCc1nn(Cc2ccc3c(c2)CN(C)CC3)cc1C(=O)NCc1c(-n2ccc(C(F)(F)F)n2)ccc(OC)c1F. The Bertz CT molecular complexity index is 1600. The van der Waals surface area contributed by atoms with Crippen LogP contribution in [0, 0.1) is 5.82 Å². The molecule has 222 valence electrons. The van der Waals surface area contributed by atoms with Crippen LogP contribution in [-0.2, 0) is 43.6 Å². The Labute approximate surface area is 239 Å². The maximum Gasteiger partial charge on any atom is 0.435 e. The molecule has 13 heteroatoms. The number of carbonyl (C=O) groups excluding carboxylic acids is 1. The molecule has 9 nitrogen and oxygen atoms in total. The highest BCUT2D eigenvalue weighted by Crippen LogP contribution is 2.30. The summed E-state index contributed by atoms with van der Waals surface area (Å²) in [6, 6.07) is 9.77. The number of carbonyl (C=O) groups is 1. The number of alkyl halides is 3. The maximum atomic E-state index is 15.3. The van der Waals surface area contributed by atoms with E-state index < -0.39 is 23.6 Å². The lowest BCUT2D eigenvalue weighted by Crippen LogP contribution is -2.26. The lowest BCUT2D eigenvalue weighted by Gasteiger charge is -2.25. The molecule has 5 rings (SSSR count). The van der Waals surface area contributed by atoms with Crippen molar-refractivity contribution in [2.75, 3.05) is 27.8 Å². The molecule has 0 bridgehead atoms. The molecule has 1 N–H and O–H groups in total. The molecule has 3 heterocycles. The lowest BCUT2D eigenvalue weighted by molar-refractivity contribution is -0.141. The predicted molar refractivity (Wildman–Crippen MR) is 145 cm³/mol. The Balaban J connectivity index is 1.38. The third kappa shape index (κ3) is 6.16. The van der Waals surface area contributed by atoms with E-state index in [0.717, 1.165) is 42.0 Å². The highest BCUT2D eigenvalue weighted by molar-refractivity contribution is 5.95. The number of methoxy groups -OCH3 is 2. The van der Waals surface area contributed by atoms with Crippen LogP contribution in [0.15, 0.2) is 48.8 Å². The Morgan fingerprint density at radius 2 is 1.90 bits per heavy atom. The highest BCUT2D eigenvalue weighted by Gasteiger charge is 2.34. The van der Waals surface area contributed by atoms with Crippen LogP contribution in [0.4, 0.5) is 17.6 Å². The van der Waals surface area contributed by atoms with Crippen LogP contribution >= 0.6 is 0 Å². The average molecular weight is 587 g/mol. The Morgan fingerprint density at radius 3 is 2.62 bits per heavy atom. The van der Waals surface area contributed by atoms with Crippen molar-refractivity contribution < 1.29 is 31.8 Å². The van der Waals surface area contributed by atoms with Gasteiger partial charge >= 0.3 is 6.18 Å². The van der Waals surface area contributed by atoms with Gasteiger partial charge < -0.3 is 19.7 Å². The van der Waals surface area contributed by atoms with E-state index in [1.54, 1.807) is 10.9 Å². The van der Waals surface area contributed by atoms with E-state index in [1.165, 1.54) is 37.5 Å². The quantitative estimate of drug-likeness (QED) is 0.294. The normalized spacial score (nSPS) is 13.7. The molecular formula is C29H30F4N6O3. The predicted octanol–water partition coefficient (Wildman–Crippen LogP) is 4.35. The van der Waals surface area contributed by atoms with E-state index in [9.17, 15) is 18.0 Å². The van der Waals surface area contributed by atoms with Gasteiger partial charge in [0, 0.05) is 44.7 Å². The first-order valence-corrected chi connectivity index (χ1v) is 13.2. The maximum absolute atomic E-state index is 15.3. The fourth-order valence-electron chi connectivity index (χ4n) is 5.02. The van der Waals surface area contributed by atoms with Crippen LogP contribution in [0.3, 0.4) is 0 Å². The standard InChI is InChI=1S/C29H30F4N6O3/c1-37-10-8-19-5-4-18(12-20(19)15-37)14-38-16-22(23(35-38)17-41-2)28(40)34-13-21-24(6-7-25(42-3)27(21)30)39-11-9-26(36-39)29(31,32)33/h4-7,9,11-12,16H,8,10,13-15,17H2,1-3H3,(H,34,40). The van der Waals surface area contributed by atoms with Gasteiger partial charge in [-0.3, -0.25) is 9.48 Å². The molecule has 0 spiro atoms. The summed E-state index contributed by atoms with van der Waals surface area (Å²) in [4.78, 5) is 15.6. The molecule has 1 aliphatic rings. The van der Waals surface area contributed by atoms with Crippen LogP contribution in [0.1, 0.15) is 44.0 Å². The number of nitrogens with zero attached hydrogens (tertiary/aromatic N) is 5. The summed E-state index contributed by atoms with van der Waals surface area (Å²) in [7, 11) is 4.83. The lowest BCUT2D eigenvalue weighted by atomic mass is 9.98. The second-order valence-electron chi connectivity index (χ2n) is 10.1. The van der Waals surface area contributed by atoms with Crippen molar-refractivity contribution in [3.8, 4) is 11.4 Å². The number of fused-ring (bicyclic) bond motifs is 1. The van der Waals surface area contributed by atoms with Crippen LogP contribution in [0.5, 0.6) is 5.75 Å². The number of likely N-dealkylation sites (N-methyl/N-ethyl adjacent to an activating group) is 1. The zero-order valence-electron chi connectivity index (χ0n) is 23.3. The van der Waals surface area contributed by atoms with Crippen LogP contribution < -0.4 is 10.1 Å². The summed E-state index contributed by atoms with van der Waals surface area (Å²) in [5.41, 5.74) is 3.04. The fraction of sp³-hybridized carbons (Fsp3) is 0.345. The second-order valence-corrected chi connectivity index (χ2v) is 10.1. The van der Waals surface area contributed by atoms with Crippen molar-refractivity contribution in [2.45, 2.75) is 38.8 Å². The topological polar surface area (TPSA) is 86.4 Å². The molecule has 1 amide bonds. The molecule has 0 saturated heterocycles. The first-order valence-electron chi connectivity index (χ1n) is 13.2. The van der Waals surface area contributed by atoms with Crippen molar-refractivity contribution in [1.82, 2.24) is 29.8 Å². The van der Waals surface area contributed by atoms with Crippen molar-refractivity contribution in [2.24, 2.45) is 0 Å². The molecule has 0 saturated carbocycles. The Hall–Kier alpha value is -4.23. The molecule has 1 aliphatic heterocycles. The van der Waals surface area contributed by atoms with E-state index in [-0.39, 0.29) is 35.7 Å². The van der Waals surface area contributed by atoms with Gasteiger partial charge in [0.15, 0.2) is 17.3 Å². The highest BCUT2D eigenvalue weighted by atomic mass is 19.4. The van der Waals surface area contributed by atoms with Gasteiger partial charge in [-0.05, 0) is 48.4 Å². The molecule has 0 unspecified atom stereocenters. The van der Waals surface area contributed by atoms with Gasteiger partial charge in [0.25, 0.3) is 5.91 Å². The van der Waals surface area contributed by atoms with Crippen LogP contribution in [-0.4, -0.2) is 58.2 Å². The van der Waals surface area contributed by atoms with Gasteiger partial charge in [-0.15, -0.1) is 0 Å². The molecule has 2 aromatic heterocycles. The van der Waals surface area contributed by atoms with E-state index in [2.05, 4.69) is 39.6 Å². The molecular weight excluding hydrogens is 556 g/mol. The van der Waals surface area contributed by atoms with Gasteiger partial charge in [0.1, 0.15) is 5.69 Å². The number of ether oxygens (including phenoxy) is 2. The van der Waals surface area contributed by atoms with E-state index in [0.29, 0.717) is 12.2 Å². The molecule has 0 atom stereocenters. The number of halogens is 4. The summed E-state index contributed by atoms with van der Waals surface area (Å²) in [6.45, 7) is 2.02. The minimum atomic E-state index is -4.67. The first-order chi connectivity index (χ1) is 20.1. The summed E-state index contributed by atoms with van der Waals surface area (Å²) < 4.78 is 67.6. The Morgan fingerprint density at radius 1 is 1.10 bits per heavy atom. The summed E-state index contributed by atoms with van der Waals surface area (Å²) >= 11 is 0. The molecule has 0 aliphatic carbocycles. The van der Waals surface area contributed by atoms with Crippen molar-refractivity contribution in [3.05, 3.63) is 93.8 Å². The fourth-order valence-corrected chi connectivity index (χ4v) is 5.02. The summed E-state index contributed by atoms with van der Waals surface area (Å²) in [5, 5.41) is 10.7. The zero-order chi connectivity index (χ0) is 30.0. The third-order valence-electron chi connectivity index (χ3n) is 7.14. The second kappa shape index (κ2) is 11.9. The van der Waals surface area contributed by atoms with Gasteiger partial charge in [-0.25, -0.2) is 9.07 Å². The van der Waals surface area contributed by atoms with Gasteiger partial charge in [0.05, 0.1) is 31.5 Å². The van der Waals surface area contributed by atoms with Gasteiger partial charge in [-0.2, -0.15) is 23.4 Å². The number of amides is 1. The van der Waals surface area contributed by atoms with Gasteiger partial charge in [0.2, 0.25) is 0 Å². The minimum Gasteiger partial charge on any atom is -0.494 e. The smallest absolute Gasteiger partial charge is 0.435 e. The number of aromatic nitrogens is 4. The zero-order valence-corrected chi connectivity index (χ0v) is 23.3. The number of hydrogen-bond acceptors (Lipinski definition) is 6. The number of nitrogens with one attached hydrogen (secondary N) is 1. The van der Waals surface area contributed by atoms with Crippen molar-refractivity contribution in [1.29, 1.82) is 0 Å². The van der Waals surface area contributed by atoms with Gasteiger partial charge in [-0.1, -0.05) is 18.2 Å². The number of hydrogen-bond donors (Lipinski definition) is 1. The average Bonchev–Trinajstić information content (AvgIpc) is 3.60.